The second-order valence-electron chi connectivity index (χ2n) is 8.74. The number of amides is 1. The van der Waals surface area contributed by atoms with Crippen molar-refractivity contribution in [3.63, 3.8) is 0 Å². The predicted molar refractivity (Wildman–Crippen MR) is 118 cm³/mol. The minimum atomic E-state index is -0.0256. The Morgan fingerprint density at radius 1 is 1.03 bits per heavy atom. The zero-order chi connectivity index (χ0) is 20.4. The summed E-state index contributed by atoms with van der Waals surface area (Å²) in [4.78, 5) is 15.6. The third-order valence-electron chi connectivity index (χ3n) is 6.21. The highest BCUT2D eigenvalue weighted by Gasteiger charge is 2.34. The van der Waals surface area contributed by atoms with Crippen molar-refractivity contribution in [2.45, 2.75) is 46.1 Å². The van der Waals surface area contributed by atoms with Crippen LogP contribution in [-0.2, 0) is 4.79 Å². The molecule has 0 radical (unpaired) electrons. The van der Waals surface area contributed by atoms with E-state index in [1.807, 2.05) is 0 Å². The molecule has 2 aliphatic heterocycles. The van der Waals surface area contributed by atoms with Crippen LogP contribution < -0.4 is 0 Å². The number of carbonyl (C=O) groups excluding carboxylic acids is 1. The van der Waals surface area contributed by atoms with E-state index < -0.39 is 0 Å². The lowest BCUT2D eigenvalue weighted by atomic mass is 9.97. The van der Waals surface area contributed by atoms with E-state index in [0.29, 0.717) is 6.54 Å². The lowest BCUT2D eigenvalue weighted by molar-refractivity contribution is -0.134. The molecule has 4 heteroatoms. The predicted octanol–water partition coefficient (Wildman–Crippen LogP) is 4.71. The second-order valence-corrected chi connectivity index (χ2v) is 8.74. The fraction of sp³-hybridized carbons (Fsp3) is 0.440. The van der Waals surface area contributed by atoms with Crippen molar-refractivity contribution in [2.24, 2.45) is 11.0 Å². The van der Waals surface area contributed by atoms with Crippen LogP contribution in [0.5, 0.6) is 0 Å². The lowest BCUT2D eigenvalue weighted by Crippen LogP contribution is -2.41. The molecular formula is C25H31N3O. The van der Waals surface area contributed by atoms with Gasteiger partial charge in [-0.15, -0.1) is 0 Å². The summed E-state index contributed by atoms with van der Waals surface area (Å²) in [6, 6.07) is 16.9. The van der Waals surface area contributed by atoms with Gasteiger partial charge in [0.25, 0.3) is 5.91 Å². The van der Waals surface area contributed by atoms with Gasteiger partial charge in [-0.2, -0.15) is 5.10 Å². The van der Waals surface area contributed by atoms with Gasteiger partial charge in [-0.05, 0) is 56.8 Å². The first-order valence-corrected chi connectivity index (χ1v) is 10.7. The summed E-state index contributed by atoms with van der Waals surface area (Å²) in [5, 5.41) is 6.58. The molecule has 1 atom stereocenters. The van der Waals surface area contributed by atoms with E-state index in [4.69, 9.17) is 5.10 Å². The Kier molecular flexibility index (Phi) is 5.81. The smallest absolute Gasteiger partial charge is 0.257 e. The third kappa shape index (κ3) is 4.59. The maximum absolute atomic E-state index is 13.3. The van der Waals surface area contributed by atoms with Crippen LogP contribution in [0.4, 0.5) is 0 Å². The van der Waals surface area contributed by atoms with Crippen molar-refractivity contribution in [1.29, 1.82) is 0 Å². The number of hydrogen-bond acceptors (Lipinski definition) is 3. The minimum absolute atomic E-state index is 0.0256. The maximum atomic E-state index is 13.3. The number of likely N-dealkylation sites (tertiary alicyclic amines) is 1. The topological polar surface area (TPSA) is 35.9 Å². The molecule has 1 amide bonds. The molecule has 0 saturated carbocycles. The van der Waals surface area contributed by atoms with Gasteiger partial charge in [0.15, 0.2) is 0 Å². The number of nitrogens with zero attached hydrogens (tertiary/aromatic N) is 3. The highest BCUT2D eigenvalue weighted by Crippen LogP contribution is 2.33. The number of hydrogen-bond donors (Lipinski definition) is 0. The molecule has 152 valence electrons. The van der Waals surface area contributed by atoms with Gasteiger partial charge < -0.3 is 0 Å². The molecule has 0 spiro atoms. The van der Waals surface area contributed by atoms with Crippen molar-refractivity contribution in [3.05, 3.63) is 70.8 Å². The number of aryl methyl sites for hydroxylation is 2. The van der Waals surface area contributed by atoms with E-state index in [1.54, 1.807) is 5.01 Å². The van der Waals surface area contributed by atoms with Crippen molar-refractivity contribution in [2.75, 3.05) is 19.6 Å². The Balaban J connectivity index is 1.58. The van der Waals surface area contributed by atoms with Crippen molar-refractivity contribution >= 4 is 11.6 Å². The minimum Gasteiger partial charge on any atom is -0.294 e. The Morgan fingerprint density at radius 3 is 2.45 bits per heavy atom. The van der Waals surface area contributed by atoms with Crippen LogP contribution in [0.3, 0.4) is 0 Å². The van der Waals surface area contributed by atoms with Crippen LogP contribution in [0, 0.1) is 19.8 Å². The Labute approximate surface area is 174 Å². The van der Waals surface area contributed by atoms with Crippen LogP contribution in [0.15, 0.2) is 53.6 Å². The van der Waals surface area contributed by atoms with Crippen LogP contribution in [0.2, 0.25) is 0 Å². The largest absolute Gasteiger partial charge is 0.294 e. The quantitative estimate of drug-likeness (QED) is 0.759. The monoisotopic (exact) mass is 389 g/mol. The molecule has 2 aliphatic rings. The molecule has 2 aromatic carbocycles. The standard InChI is InChI=1S/C25H31N3O/c1-18-7-9-21(10-8-18)24-16-23(22-6-4-5-20(3)15-22)26-28(24)25(29)17-27-13-11-19(2)12-14-27/h4-10,15,19,24H,11-14,16-17H2,1-3H3/t24-/m0/s1. The second kappa shape index (κ2) is 8.50. The molecule has 0 aromatic heterocycles. The Hall–Kier alpha value is -2.46. The molecule has 2 aromatic rings. The first kappa shape index (κ1) is 19.8. The number of benzene rings is 2. The van der Waals surface area contributed by atoms with Crippen LogP contribution in [0.1, 0.15) is 54.5 Å². The van der Waals surface area contributed by atoms with Gasteiger partial charge in [0, 0.05) is 6.42 Å². The van der Waals surface area contributed by atoms with E-state index >= 15 is 0 Å². The van der Waals surface area contributed by atoms with Crippen molar-refractivity contribution < 1.29 is 4.79 Å². The summed E-state index contributed by atoms with van der Waals surface area (Å²) in [5.41, 5.74) is 5.71. The van der Waals surface area contributed by atoms with E-state index in [1.165, 1.54) is 24.0 Å². The van der Waals surface area contributed by atoms with Crippen LogP contribution in [0.25, 0.3) is 0 Å². The van der Waals surface area contributed by atoms with Crippen LogP contribution >= 0.6 is 0 Å². The van der Waals surface area contributed by atoms with Gasteiger partial charge in [0.1, 0.15) is 0 Å². The van der Waals surface area contributed by atoms with E-state index in [2.05, 4.69) is 74.2 Å². The highest BCUT2D eigenvalue weighted by molar-refractivity contribution is 6.03. The average Bonchev–Trinajstić information content (AvgIpc) is 3.16. The summed E-state index contributed by atoms with van der Waals surface area (Å²) in [6.45, 7) is 8.95. The average molecular weight is 390 g/mol. The number of hydrazone groups is 1. The van der Waals surface area contributed by atoms with Gasteiger partial charge in [-0.1, -0.05) is 66.6 Å². The summed E-state index contributed by atoms with van der Waals surface area (Å²) < 4.78 is 0. The normalized spacial score (nSPS) is 20.7. The molecule has 0 bridgehead atoms. The van der Waals surface area contributed by atoms with E-state index in [0.717, 1.165) is 42.3 Å². The van der Waals surface area contributed by atoms with Gasteiger partial charge in [0.2, 0.25) is 0 Å². The summed E-state index contributed by atoms with van der Waals surface area (Å²) in [5.74, 6) is 0.868. The van der Waals surface area contributed by atoms with Crippen LogP contribution in [-0.4, -0.2) is 41.2 Å². The van der Waals surface area contributed by atoms with E-state index in [9.17, 15) is 4.79 Å². The lowest BCUT2D eigenvalue weighted by Gasteiger charge is -2.31. The van der Waals surface area contributed by atoms with Gasteiger partial charge in [-0.3, -0.25) is 9.69 Å². The van der Waals surface area contributed by atoms with Crippen molar-refractivity contribution in [1.82, 2.24) is 9.91 Å². The zero-order valence-electron chi connectivity index (χ0n) is 17.8. The molecule has 1 fully saturated rings. The number of rotatable bonds is 4. The van der Waals surface area contributed by atoms with Gasteiger partial charge in [-0.25, -0.2) is 5.01 Å². The first-order chi connectivity index (χ1) is 14.0. The fourth-order valence-corrected chi connectivity index (χ4v) is 4.27. The summed E-state index contributed by atoms with van der Waals surface area (Å²) >= 11 is 0. The molecule has 2 heterocycles. The molecule has 0 aliphatic carbocycles. The first-order valence-electron chi connectivity index (χ1n) is 10.7. The van der Waals surface area contributed by atoms with Gasteiger partial charge >= 0.3 is 0 Å². The SMILES string of the molecule is Cc1ccc([C@@H]2CC(c3cccc(C)c3)=NN2C(=O)CN2CCC(C)CC2)cc1. The maximum Gasteiger partial charge on any atom is 0.257 e. The van der Waals surface area contributed by atoms with E-state index in [-0.39, 0.29) is 11.9 Å². The molecule has 0 N–H and O–H groups in total. The number of piperidine rings is 1. The third-order valence-corrected chi connectivity index (χ3v) is 6.21. The highest BCUT2D eigenvalue weighted by atomic mass is 16.2. The zero-order valence-corrected chi connectivity index (χ0v) is 17.8. The Morgan fingerprint density at radius 2 is 1.76 bits per heavy atom. The number of carbonyl (C=O) groups is 1. The Bertz CT molecular complexity index is 895. The molecular weight excluding hydrogens is 358 g/mol. The summed E-state index contributed by atoms with van der Waals surface area (Å²) in [7, 11) is 0. The molecule has 0 unspecified atom stereocenters. The molecule has 4 rings (SSSR count). The van der Waals surface area contributed by atoms with Crippen molar-refractivity contribution in [3.8, 4) is 0 Å². The fourth-order valence-electron chi connectivity index (χ4n) is 4.27. The molecule has 4 nitrogen and oxygen atoms in total. The summed E-state index contributed by atoms with van der Waals surface area (Å²) in [6.07, 6.45) is 3.11. The molecule has 29 heavy (non-hydrogen) atoms. The van der Waals surface area contributed by atoms with Gasteiger partial charge in [0.05, 0.1) is 18.3 Å². The molecule has 1 saturated heterocycles.